The molecule has 5 nitrogen and oxygen atoms in total. The Morgan fingerprint density at radius 2 is 2.18 bits per heavy atom. The molecule has 1 unspecified atom stereocenters. The summed E-state index contributed by atoms with van der Waals surface area (Å²) in [7, 11) is 0. The topological polar surface area (TPSA) is 63.0 Å². The van der Waals surface area contributed by atoms with Gasteiger partial charge in [0.25, 0.3) is 0 Å². The maximum Gasteiger partial charge on any atom is 0.0965 e. The second kappa shape index (κ2) is 6.12. The zero-order valence-electron chi connectivity index (χ0n) is 11.3. The lowest BCUT2D eigenvalue weighted by atomic mass is 10.1. The van der Waals surface area contributed by atoms with Crippen LogP contribution in [0.1, 0.15) is 46.2 Å². The van der Waals surface area contributed by atoms with Gasteiger partial charge in [0.2, 0.25) is 0 Å². The quantitative estimate of drug-likeness (QED) is 0.786. The minimum absolute atomic E-state index is 0.0347. The number of rotatable bonds is 6. The fourth-order valence-electron chi connectivity index (χ4n) is 1.51. The molecule has 1 atom stereocenters. The predicted molar refractivity (Wildman–Crippen MR) is 67.6 cm³/mol. The molecule has 0 bridgehead atoms. The largest absolute Gasteiger partial charge is 0.392 e. The first-order chi connectivity index (χ1) is 7.93. The minimum atomic E-state index is -0.266. The molecule has 0 aliphatic carbocycles. The van der Waals surface area contributed by atoms with Crippen molar-refractivity contribution in [3.05, 3.63) is 11.9 Å². The van der Waals surface area contributed by atoms with Gasteiger partial charge in [-0.05, 0) is 27.2 Å². The summed E-state index contributed by atoms with van der Waals surface area (Å²) in [5.74, 6) is 0. The third-order valence-electron chi connectivity index (χ3n) is 2.54. The molecule has 0 spiro atoms. The summed E-state index contributed by atoms with van der Waals surface area (Å²) in [4.78, 5) is 0. The summed E-state index contributed by atoms with van der Waals surface area (Å²) in [6.07, 6.45) is 3.52. The Kier molecular flexibility index (Phi) is 5.08. The first kappa shape index (κ1) is 14.1. The number of aliphatic hydroxyl groups excluding tert-OH is 1. The van der Waals surface area contributed by atoms with Gasteiger partial charge in [-0.1, -0.05) is 18.6 Å². The summed E-state index contributed by atoms with van der Waals surface area (Å²) in [6, 6.07) is 0. The molecule has 0 saturated carbocycles. The smallest absolute Gasteiger partial charge is 0.0965 e. The molecular weight excluding hydrogens is 216 g/mol. The summed E-state index contributed by atoms with van der Waals surface area (Å²) in [5, 5.41) is 20.9. The van der Waals surface area contributed by atoms with Crippen LogP contribution in [0.2, 0.25) is 0 Å². The molecule has 5 heteroatoms. The standard InChI is InChI=1S/C12H24N4O/c1-5-6-11(17)8-13-7-10-9-16(15-14-10)12(2,3)4/h9,11,13,17H,5-8H2,1-4H3. The fraction of sp³-hybridized carbons (Fsp3) is 0.833. The normalized spacial score (nSPS) is 13.9. The first-order valence-corrected chi connectivity index (χ1v) is 6.24. The van der Waals surface area contributed by atoms with E-state index in [2.05, 4.69) is 43.3 Å². The van der Waals surface area contributed by atoms with Crippen molar-refractivity contribution in [2.45, 2.75) is 58.7 Å². The van der Waals surface area contributed by atoms with Crippen LogP contribution >= 0.6 is 0 Å². The van der Waals surface area contributed by atoms with Crippen molar-refractivity contribution in [3.8, 4) is 0 Å². The van der Waals surface area contributed by atoms with Crippen LogP contribution in [0.5, 0.6) is 0 Å². The molecule has 0 aromatic carbocycles. The molecule has 1 heterocycles. The van der Waals surface area contributed by atoms with Crippen molar-refractivity contribution >= 4 is 0 Å². The lowest BCUT2D eigenvalue weighted by molar-refractivity contribution is 0.160. The Morgan fingerprint density at radius 1 is 1.47 bits per heavy atom. The Morgan fingerprint density at radius 3 is 2.71 bits per heavy atom. The Bertz CT molecular complexity index is 329. The van der Waals surface area contributed by atoms with Gasteiger partial charge in [0.15, 0.2) is 0 Å². The molecular formula is C12H24N4O. The molecule has 2 N–H and O–H groups in total. The van der Waals surface area contributed by atoms with Gasteiger partial charge >= 0.3 is 0 Å². The third kappa shape index (κ3) is 4.83. The summed E-state index contributed by atoms with van der Waals surface area (Å²) in [6.45, 7) is 9.59. The summed E-state index contributed by atoms with van der Waals surface area (Å²) < 4.78 is 1.85. The van der Waals surface area contributed by atoms with Gasteiger partial charge in [0.1, 0.15) is 0 Å². The average Bonchev–Trinajstić information content (AvgIpc) is 2.66. The molecule has 0 fully saturated rings. The molecule has 0 radical (unpaired) electrons. The van der Waals surface area contributed by atoms with E-state index in [1.165, 1.54) is 0 Å². The predicted octanol–water partition coefficient (Wildman–Crippen LogP) is 1.28. The Labute approximate surface area is 103 Å². The fourth-order valence-corrected chi connectivity index (χ4v) is 1.51. The Hall–Kier alpha value is -0.940. The number of nitrogens with one attached hydrogen (secondary N) is 1. The molecule has 0 saturated heterocycles. The van der Waals surface area contributed by atoms with Crippen molar-refractivity contribution in [1.82, 2.24) is 20.3 Å². The first-order valence-electron chi connectivity index (χ1n) is 6.24. The van der Waals surface area contributed by atoms with E-state index in [9.17, 15) is 5.11 Å². The molecule has 98 valence electrons. The highest BCUT2D eigenvalue weighted by Crippen LogP contribution is 2.11. The van der Waals surface area contributed by atoms with Gasteiger partial charge in [-0.3, -0.25) is 0 Å². The van der Waals surface area contributed by atoms with E-state index < -0.39 is 0 Å². The van der Waals surface area contributed by atoms with Crippen LogP contribution in [-0.4, -0.2) is 32.7 Å². The van der Waals surface area contributed by atoms with Crippen molar-refractivity contribution in [2.24, 2.45) is 0 Å². The van der Waals surface area contributed by atoms with E-state index in [-0.39, 0.29) is 11.6 Å². The van der Waals surface area contributed by atoms with Crippen molar-refractivity contribution < 1.29 is 5.11 Å². The summed E-state index contributed by atoms with van der Waals surface area (Å²) in [5.41, 5.74) is 0.871. The van der Waals surface area contributed by atoms with Crippen LogP contribution in [0.15, 0.2) is 6.20 Å². The van der Waals surface area contributed by atoms with E-state index in [4.69, 9.17) is 0 Å². The van der Waals surface area contributed by atoms with Crippen LogP contribution in [-0.2, 0) is 12.1 Å². The highest BCUT2D eigenvalue weighted by atomic mass is 16.3. The molecule has 0 amide bonds. The number of hydrogen-bond acceptors (Lipinski definition) is 4. The van der Waals surface area contributed by atoms with E-state index in [0.717, 1.165) is 18.5 Å². The van der Waals surface area contributed by atoms with Gasteiger partial charge in [-0.15, -0.1) is 5.10 Å². The van der Waals surface area contributed by atoms with Crippen LogP contribution in [0.3, 0.4) is 0 Å². The van der Waals surface area contributed by atoms with Crippen molar-refractivity contribution in [3.63, 3.8) is 0 Å². The number of aromatic nitrogens is 3. The minimum Gasteiger partial charge on any atom is -0.392 e. The number of aliphatic hydroxyl groups is 1. The maximum atomic E-state index is 9.56. The zero-order valence-corrected chi connectivity index (χ0v) is 11.3. The average molecular weight is 240 g/mol. The van der Waals surface area contributed by atoms with E-state index >= 15 is 0 Å². The number of hydrogen-bond donors (Lipinski definition) is 2. The molecule has 0 aliphatic rings. The highest BCUT2D eigenvalue weighted by Gasteiger charge is 2.14. The SMILES string of the molecule is CCCC(O)CNCc1cn(C(C)(C)C)nn1. The third-order valence-corrected chi connectivity index (χ3v) is 2.54. The van der Waals surface area contributed by atoms with Crippen LogP contribution < -0.4 is 5.32 Å². The molecule has 1 rings (SSSR count). The van der Waals surface area contributed by atoms with Crippen LogP contribution in [0, 0.1) is 0 Å². The van der Waals surface area contributed by atoms with Crippen LogP contribution in [0.25, 0.3) is 0 Å². The lowest BCUT2D eigenvalue weighted by Gasteiger charge is -2.17. The van der Waals surface area contributed by atoms with E-state index in [1.807, 2.05) is 10.9 Å². The Balaban J connectivity index is 2.35. The van der Waals surface area contributed by atoms with Gasteiger partial charge in [0.05, 0.1) is 23.5 Å². The van der Waals surface area contributed by atoms with Crippen molar-refractivity contribution in [2.75, 3.05) is 6.54 Å². The summed E-state index contributed by atoms with van der Waals surface area (Å²) >= 11 is 0. The monoisotopic (exact) mass is 240 g/mol. The van der Waals surface area contributed by atoms with Crippen molar-refractivity contribution in [1.29, 1.82) is 0 Å². The van der Waals surface area contributed by atoms with Gasteiger partial charge in [0, 0.05) is 13.1 Å². The molecule has 1 aromatic rings. The molecule has 17 heavy (non-hydrogen) atoms. The molecule has 1 aromatic heterocycles. The van der Waals surface area contributed by atoms with E-state index in [1.54, 1.807) is 0 Å². The zero-order chi connectivity index (χ0) is 12.9. The van der Waals surface area contributed by atoms with Gasteiger partial charge in [-0.25, -0.2) is 4.68 Å². The van der Waals surface area contributed by atoms with Crippen LogP contribution in [0.4, 0.5) is 0 Å². The highest BCUT2D eigenvalue weighted by molar-refractivity contribution is 4.94. The van der Waals surface area contributed by atoms with E-state index in [0.29, 0.717) is 13.1 Å². The molecule has 0 aliphatic heterocycles. The van der Waals surface area contributed by atoms with Gasteiger partial charge < -0.3 is 10.4 Å². The number of nitrogens with zero attached hydrogens (tertiary/aromatic N) is 3. The lowest BCUT2D eigenvalue weighted by Crippen LogP contribution is -2.26. The maximum absolute atomic E-state index is 9.56. The van der Waals surface area contributed by atoms with Gasteiger partial charge in [-0.2, -0.15) is 0 Å². The second-order valence-corrected chi connectivity index (χ2v) is 5.40. The second-order valence-electron chi connectivity index (χ2n) is 5.40.